The molecule has 0 bridgehead atoms. The summed E-state index contributed by atoms with van der Waals surface area (Å²) in [6, 6.07) is 7.95. The summed E-state index contributed by atoms with van der Waals surface area (Å²) in [6.45, 7) is 4.06. The van der Waals surface area contributed by atoms with Crippen molar-refractivity contribution in [3.63, 3.8) is 0 Å². The van der Waals surface area contributed by atoms with Crippen LogP contribution in [0.5, 0.6) is 0 Å². The molecule has 1 aromatic carbocycles. The molecule has 0 radical (unpaired) electrons. The lowest BCUT2D eigenvalue weighted by molar-refractivity contribution is -0.120. The Kier molecular flexibility index (Phi) is 5.81. The molecule has 120 valence electrons. The summed E-state index contributed by atoms with van der Waals surface area (Å²) in [5.74, 6) is -0.0428. The van der Waals surface area contributed by atoms with E-state index < -0.39 is 0 Å². The lowest BCUT2D eigenvalue weighted by Crippen LogP contribution is -2.54. The van der Waals surface area contributed by atoms with E-state index in [1.807, 2.05) is 31.2 Å². The molecule has 5 nitrogen and oxygen atoms in total. The Labute approximate surface area is 131 Å². The zero-order valence-corrected chi connectivity index (χ0v) is 13.3. The number of urea groups is 1. The van der Waals surface area contributed by atoms with Crippen LogP contribution < -0.4 is 16.0 Å². The van der Waals surface area contributed by atoms with Crippen molar-refractivity contribution < 1.29 is 9.59 Å². The van der Waals surface area contributed by atoms with Crippen LogP contribution in [0.1, 0.15) is 43.7 Å². The molecule has 1 fully saturated rings. The molecule has 5 heteroatoms. The first kappa shape index (κ1) is 16.3. The molecule has 3 amide bonds. The highest BCUT2D eigenvalue weighted by Crippen LogP contribution is 2.18. The smallest absolute Gasteiger partial charge is 0.315 e. The summed E-state index contributed by atoms with van der Waals surface area (Å²) < 4.78 is 0. The van der Waals surface area contributed by atoms with E-state index in [1.54, 1.807) is 0 Å². The first-order chi connectivity index (χ1) is 10.5. The van der Waals surface area contributed by atoms with E-state index in [4.69, 9.17) is 0 Å². The first-order valence-electron chi connectivity index (χ1n) is 7.91. The highest BCUT2D eigenvalue weighted by molar-refractivity contribution is 5.75. The molecule has 0 saturated heterocycles. The van der Waals surface area contributed by atoms with Crippen LogP contribution in [-0.4, -0.2) is 24.0 Å². The van der Waals surface area contributed by atoms with Crippen LogP contribution in [0.3, 0.4) is 0 Å². The molecule has 2 rings (SSSR count). The molecule has 2 unspecified atom stereocenters. The fraction of sp³-hybridized carbons (Fsp3) is 0.529. The van der Waals surface area contributed by atoms with Gasteiger partial charge in [0, 0.05) is 19.5 Å². The van der Waals surface area contributed by atoms with Crippen LogP contribution in [0.2, 0.25) is 0 Å². The maximum Gasteiger partial charge on any atom is 0.315 e. The molecule has 22 heavy (non-hydrogen) atoms. The summed E-state index contributed by atoms with van der Waals surface area (Å²) in [5.41, 5.74) is 2.27. The van der Waals surface area contributed by atoms with E-state index in [2.05, 4.69) is 16.0 Å². The fourth-order valence-electron chi connectivity index (χ4n) is 2.85. The highest BCUT2D eigenvalue weighted by atomic mass is 16.2. The topological polar surface area (TPSA) is 70.2 Å². The minimum atomic E-state index is -0.178. The SMILES string of the molecule is CC(=O)NC1CCCCC1NC(=O)NCc1ccc(C)cc1. The summed E-state index contributed by atoms with van der Waals surface area (Å²) in [4.78, 5) is 23.3. The third-order valence-corrected chi connectivity index (χ3v) is 4.04. The van der Waals surface area contributed by atoms with Gasteiger partial charge in [-0.05, 0) is 25.3 Å². The lowest BCUT2D eigenvalue weighted by atomic mass is 9.90. The molecular weight excluding hydrogens is 278 g/mol. The predicted molar refractivity (Wildman–Crippen MR) is 86.4 cm³/mol. The Morgan fingerprint density at radius 1 is 1.05 bits per heavy atom. The molecule has 0 aliphatic heterocycles. The Hall–Kier alpha value is -2.04. The van der Waals surface area contributed by atoms with Crippen LogP contribution in [0, 0.1) is 6.92 Å². The van der Waals surface area contributed by atoms with Gasteiger partial charge in [0.1, 0.15) is 0 Å². The fourth-order valence-corrected chi connectivity index (χ4v) is 2.85. The molecule has 1 aliphatic carbocycles. The maximum absolute atomic E-state index is 12.0. The molecule has 2 atom stereocenters. The number of carbonyl (C=O) groups is 2. The quantitative estimate of drug-likeness (QED) is 0.798. The highest BCUT2D eigenvalue weighted by Gasteiger charge is 2.26. The maximum atomic E-state index is 12.0. The number of benzene rings is 1. The first-order valence-corrected chi connectivity index (χ1v) is 7.91. The van der Waals surface area contributed by atoms with Crippen molar-refractivity contribution in [2.45, 2.75) is 58.2 Å². The monoisotopic (exact) mass is 303 g/mol. The third-order valence-electron chi connectivity index (χ3n) is 4.04. The van der Waals surface area contributed by atoms with Gasteiger partial charge >= 0.3 is 6.03 Å². The van der Waals surface area contributed by atoms with Crippen molar-refractivity contribution in [1.82, 2.24) is 16.0 Å². The zero-order valence-electron chi connectivity index (χ0n) is 13.3. The average molecular weight is 303 g/mol. The molecule has 3 N–H and O–H groups in total. The van der Waals surface area contributed by atoms with Crippen LogP contribution in [0.4, 0.5) is 4.79 Å². The van der Waals surface area contributed by atoms with E-state index >= 15 is 0 Å². The summed E-state index contributed by atoms with van der Waals surface area (Å²) in [7, 11) is 0. The number of carbonyl (C=O) groups excluding carboxylic acids is 2. The molecule has 0 heterocycles. The van der Waals surface area contributed by atoms with Gasteiger partial charge in [-0.15, -0.1) is 0 Å². The van der Waals surface area contributed by atoms with Crippen molar-refractivity contribution >= 4 is 11.9 Å². The molecule has 0 aromatic heterocycles. The lowest BCUT2D eigenvalue weighted by Gasteiger charge is -2.32. The van der Waals surface area contributed by atoms with E-state index in [0.29, 0.717) is 6.54 Å². The van der Waals surface area contributed by atoms with Gasteiger partial charge in [-0.2, -0.15) is 0 Å². The third kappa shape index (κ3) is 5.06. The zero-order chi connectivity index (χ0) is 15.9. The number of rotatable bonds is 4. The second-order valence-corrected chi connectivity index (χ2v) is 6.01. The van der Waals surface area contributed by atoms with Crippen molar-refractivity contribution in [1.29, 1.82) is 0 Å². The molecular formula is C17H25N3O2. The predicted octanol–water partition coefficient (Wildman–Crippen LogP) is 2.24. The Balaban J connectivity index is 1.81. The summed E-state index contributed by atoms with van der Waals surface area (Å²) in [6.07, 6.45) is 4.00. The van der Waals surface area contributed by atoms with Gasteiger partial charge in [0.2, 0.25) is 5.91 Å². The van der Waals surface area contributed by atoms with E-state index in [9.17, 15) is 9.59 Å². The van der Waals surface area contributed by atoms with Crippen molar-refractivity contribution in [2.24, 2.45) is 0 Å². The van der Waals surface area contributed by atoms with Gasteiger partial charge in [0.25, 0.3) is 0 Å². The molecule has 1 saturated carbocycles. The molecule has 1 aliphatic rings. The van der Waals surface area contributed by atoms with Gasteiger partial charge in [-0.3, -0.25) is 4.79 Å². The number of aryl methyl sites for hydroxylation is 1. The minimum absolute atomic E-state index is 0.00988. The van der Waals surface area contributed by atoms with Crippen molar-refractivity contribution in [3.8, 4) is 0 Å². The van der Waals surface area contributed by atoms with Crippen LogP contribution in [-0.2, 0) is 11.3 Å². The molecule has 0 spiro atoms. The van der Waals surface area contributed by atoms with Crippen LogP contribution in [0.15, 0.2) is 24.3 Å². The van der Waals surface area contributed by atoms with Gasteiger partial charge in [0.15, 0.2) is 0 Å². The normalized spacial score (nSPS) is 21.0. The van der Waals surface area contributed by atoms with Crippen LogP contribution in [0.25, 0.3) is 0 Å². The van der Waals surface area contributed by atoms with E-state index in [0.717, 1.165) is 31.2 Å². The number of hydrogen-bond donors (Lipinski definition) is 3. The van der Waals surface area contributed by atoms with Gasteiger partial charge in [0.05, 0.1) is 6.04 Å². The average Bonchev–Trinajstić information content (AvgIpc) is 2.48. The Morgan fingerprint density at radius 2 is 1.64 bits per heavy atom. The van der Waals surface area contributed by atoms with Crippen LogP contribution >= 0.6 is 0 Å². The largest absolute Gasteiger partial charge is 0.352 e. The van der Waals surface area contributed by atoms with E-state index in [1.165, 1.54) is 12.5 Å². The van der Waals surface area contributed by atoms with Gasteiger partial charge < -0.3 is 16.0 Å². The van der Waals surface area contributed by atoms with Crippen molar-refractivity contribution in [3.05, 3.63) is 35.4 Å². The Bertz CT molecular complexity index is 513. The summed E-state index contributed by atoms with van der Waals surface area (Å²) >= 11 is 0. The van der Waals surface area contributed by atoms with E-state index in [-0.39, 0.29) is 24.0 Å². The van der Waals surface area contributed by atoms with Gasteiger partial charge in [-0.1, -0.05) is 42.7 Å². The van der Waals surface area contributed by atoms with Gasteiger partial charge in [-0.25, -0.2) is 4.79 Å². The second kappa shape index (κ2) is 7.82. The number of nitrogens with one attached hydrogen (secondary N) is 3. The number of amides is 3. The Morgan fingerprint density at radius 3 is 2.23 bits per heavy atom. The standard InChI is InChI=1S/C17H25N3O2/c1-12-7-9-14(10-8-12)11-18-17(22)20-16-6-4-3-5-15(16)19-13(2)21/h7-10,15-16H,3-6,11H2,1-2H3,(H,19,21)(H2,18,20,22). The minimum Gasteiger partial charge on any atom is -0.352 e. The number of hydrogen-bond acceptors (Lipinski definition) is 2. The van der Waals surface area contributed by atoms with Crippen molar-refractivity contribution in [2.75, 3.05) is 0 Å². The summed E-state index contributed by atoms with van der Waals surface area (Å²) in [5, 5.41) is 8.80. The second-order valence-electron chi connectivity index (χ2n) is 6.01. The molecule has 1 aromatic rings.